The number of nitrogens with zero attached hydrogens (tertiary/aromatic N) is 5. The molecule has 2 saturated heterocycles. The van der Waals surface area contributed by atoms with Gasteiger partial charge in [0, 0.05) is 41.4 Å². The Morgan fingerprint density at radius 1 is 0.774 bits per heavy atom. The fourth-order valence-electron chi connectivity index (χ4n) is 8.42. The second kappa shape index (κ2) is 17.9. The van der Waals surface area contributed by atoms with Crippen molar-refractivity contribution >= 4 is 34.9 Å². The molecule has 8 rings (SSSR count). The molecule has 2 aliphatic rings. The number of hydrogen-bond acceptors (Lipinski definition) is 9. The Balaban J connectivity index is 0.961. The van der Waals surface area contributed by atoms with Crippen LogP contribution in [0.25, 0.3) is 44.7 Å². The minimum Gasteiger partial charge on any atom is -0.453 e. The van der Waals surface area contributed by atoms with Crippen LogP contribution in [0.15, 0.2) is 91.3 Å². The lowest BCUT2D eigenvalue weighted by molar-refractivity contribution is -0.135. The Morgan fingerprint density at radius 2 is 1.47 bits per heavy atom. The van der Waals surface area contributed by atoms with E-state index in [4.69, 9.17) is 19.4 Å². The SMILES string of the molecule is COC(=O)N[C@H](C(=O)N1CCC[C@H]1c1nc(-c2ccc3nc(-c4ccc(-c5cnc([C@@H]6CCCN6C(=O)[C@H](NC(=O)OC)c6ccccc6)[nH]5)cc4F)ccc3c2)c[nH]1)C(C)C. The molecule has 3 aromatic carbocycles. The van der Waals surface area contributed by atoms with Crippen LogP contribution >= 0.6 is 0 Å². The largest absolute Gasteiger partial charge is 0.453 e. The molecule has 0 saturated carbocycles. The van der Waals surface area contributed by atoms with E-state index in [1.165, 1.54) is 20.3 Å². The molecular formula is C46H48FN9O6. The summed E-state index contributed by atoms with van der Waals surface area (Å²) in [6.07, 6.45) is 5.07. The van der Waals surface area contributed by atoms with Crippen LogP contribution in [-0.4, -0.2) is 92.1 Å². The van der Waals surface area contributed by atoms with Crippen LogP contribution in [0.2, 0.25) is 0 Å². The highest BCUT2D eigenvalue weighted by atomic mass is 19.1. The number of amides is 4. The van der Waals surface area contributed by atoms with E-state index in [1.807, 2.05) is 50.4 Å². The molecule has 320 valence electrons. The maximum Gasteiger partial charge on any atom is 0.407 e. The monoisotopic (exact) mass is 841 g/mol. The topological polar surface area (TPSA) is 188 Å². The van der Waals surface area contributed by atoms with E-state index >= 15 is 4.39 Å². The Hall–Kier alpha value is -7.10. The van der Waals surface area contributed by atoms with Crippen molar-refractivity contribution in [1.82, 2.24) is 45.4 Å². The summed E-state index contributed by atoms with van der Waals surface area (Å²) < 4.78 is 25.5. The van der Waals surface area contributed by atoms with Gasteiger partial charge >= 0.3 is 12.2 Å². The van der Waals surface area contributed by atoms with Crippen molar-refractivity contribution in [2.75, 3.05) is 27.3 Å². The first-order valence-electron chi connectivity index (χ1n) is 20.7. The highest BCUT2D eigenvalue weighted by Gasteiger charge is 2.39. The summed E-state index contributed by atoms with van der Waals surface area (Å²) in [4.78, 5) is 76.1. The number of imidazole rings is 2. The Labute approximate surface area is 357 Å². The van der Waals surface area contributed by atoms with Gasteiger partial charge in [0.2, 0.25) is 5.91 Å². The molecule has 0 unspecified atom stereocenters. The fourth-order valence-corrected chi connectivity index (χ4v) is 8.42. The summed E-state index contributed by atoms with van der Waals surface area (Å²) in [6.45, 7) is 4.81. The minimum atomic E-state index is -0.938. The number of carbonyl (C=O) groups excluding carboxylic acids is 4. The van der Waals surface area contributed by atoms with E-state index in [0.717, 1.165) is 30.2 Å². The number of pyridine rings is 1. The Bertz CT molecular complexity index is 2610. The van der Waals surface area contributed by atoms with Crippen LogP contribution in [-0.2, 0) is 19.1 Å². The molecule has 6 aromatic rings. The number of rotatable bonds is 11. The van der Waals surface area contributed by atoms with Gasteiger partial charge in [0.15, 0.2) is 0 Å². The predicted molar refractivity (Wildman–Crippen MR) is 229 cm³/mol. The van der Waals surface area contributed by atoms with Gasteiger partial charge in [0.05, 0.1) is 55.1 Å². The van der Waals surface area contributed by atoms with Gasteiger partial charge in [0.1, 0.15) is 29.5 Å². The number of halogens is 1. The van der Waals surface area contributed by atoms with Crippen molar-refractivity contribution in [2.24, 2.45) is 5.92 Å². The fraction of sp³-hybridized carbons (Fsp3) is 0.326. The smallest absolute Gasteiger partial charge is 0.407 e. The number of carbonyl (C=O) groups is 4. The summed E-state index contributed by atoms with van der Waals surface area (Å²) in [5.41, 5.74) is 4.87. The van der Waals surface area contributed by atoms with Crippen LogP contribution in [0.4, 0.5) is 14.0 Å². The molecule has 0 aliphatic carbocycles. The van der Waals surface area contributed by atoms with Gasteiger partial charge in [-0.1, -0.05) is 62.4 Å². The molecule has 2 fully saturated rings. The minimum absolute atomic E-state index is 0.136. The number of alkyl carbamates (subject to hydrolysis) is 2. The number of ether oxygens (including phenoxy) is 2. The first kappa shape index (κ1) is 41.6. The molecule has 3 aromatic heterocycles. The third-order valence-electron chi connectivity index (χ3n) is 11.7. The van der Waals surface area contributed by atoms with E-state index in [-0.39, 0.29) is 29.8 Å². The number of methoxy groups -OCH3 is 2. The average Bonchev–Trinajstić information content (AvgIpc) is 4.14. The molecule has 4 atom stereocenters. The molecule has 16 heteroatoms. The molecule has 4 N–H and O–H groups in total. The van der Waals surface area contributed by atoms with Gasteiger partial charge < -0.3 is 39.9 Å². The molecule has 0 bridgehead atoms. The number of benzene rings is 3. The highest BCUT2D eigenvalue weighted by Crippen LogP contribution is 2.36. The maximum atomic E-state index is 15.9. The lowest BCUT2D eigenvalue weighted by Crippen LogP contribution is -2.51. The lowest BCUT2D eigenvalue weighted by Gasteiger charge is -2.29. The summed E-state index contributed by atoms with van der Waals surface area (Å²) in [5, 5.41) is 6.20. The van der Waals surface area contributed by atoms with Crippen molar-refractivity contribution in [2.45, 2.75) is 63.7 Å². The summed E-state index contributed by atoms with van der Waals surface area (Å²) >= 11 is 0. The molecular weight excluding hydrogens is 794 g/mol. The number of aromatic amines is 2. The molecule has 4 amide bonds. The third kappa shape index (κ3) is 8.44. The van der Waals surface area contributed by atoms with Gasteiger partial charge in [0.25, 0.3) is 5.91 Å². The maximum absolute atomic E-state index is 15.9. The number of nitrogens with one attached hydrogen (secondary N) is 4. The Morgan fingerprint density at radius 3 is 2.18 bits per heavy atom. The van der Waals surface area contributed by atoms with E-state index in [0.29, 0.717) is 70.4 Å². The summed E-state index contributed by atoms with van der Waals surface area (Å²) in [5.74, 6) is 0.199. The summed E-state index contributed by atoms with van der Waals surface area (Å²) in [7, 11) is 2.53. The lowest BCUT2D eigenvalue weighted by atomic mass is 10.0. The average molecular weight is 842 g/mol. The number of likely N-dealkylation sites (tertiary alicyclic amines) is 2. The van der Waals surface area contributed by atoms with Crippen LogP contribution in [0.3, 0.4) is 0 Å². The van der Waals surface area contributed by atoms with Gasteiger partial charge in [-0.2, -0.15) is 0 Å². The molecule has 0 spiro atoms. The number of H-pyrrole nitrogens is 2. The van der Waals surface area contributed by atoms with E-state index in [2.05, 4.69) is 25.6 Å². The zero-order valence-corrected chi connectivity index (χ0v) is 34.9. The quantitative estimate of drug-likeness (QED) is 0.102. The number of aromatic nitrogens is 5. The highest BCUT2D eigenvalue weighted by molar-refractivity contribution is 5.88. The van der Waals surface area contributed by atoms with Crippen molar-refractivity contribution in [3.05, 3.63) is 114 Å². The normalized spacial score (nSPS) is 17.3. The van der Waals surface area contributed by atoms with E-state index in [9.17, 15) is 19.2 Å². The molecule has 62 heavy (non-hydrogen) atoms. The molecule has 15 nitrogen and oxygen atoms in total. The van der Waals surface area contributed by atoms with Crippen LogP contribution in [0.5, 0.6) is 0 Å². The summed E-state index contributed by atoms with van der Waals surface area (Å²) in [6, 6.07) is 21.1. The second-order valence-corrected chi connectivity index (χ2v) is 15.9. The van der Waals surface area contributed by atoms with Crippen molar-refractivity contribution in [3.63, 3.8) is 0 Å². The molecule has 2 aliphatic heterocycles. The standard InChI is InChI=1S/C46H48FN9O6/c1-26(2)39(53-45(59)61-3)43(57)55-20-8-12-37(55)41-48-24-35(51-41)29-15-18-33-28(22-29)16-19-34(50-33)31-17-14-30(23-32(31)47)36-25-49-42(52-36)38-13-9-21-56(38)44(58)40(54-46(60)62-4)27-10-6-5-7-11-27/h5-7,10-11,14-19,22-26,37-40H,8-9,12-13,20-21H2,1-4H3,(H,48,51)(H,49,52)(H,53,59)(H,54,60)/t37-,38-,39-,40+/m0/s1. The van der Waals surface area contributed by atoms with Gasteiger partial charge in [-0.25, -0.2) is 28.9 Å². The van der Waals surface area contributed by atoms with E-state index < -0.39 is 30.1 Å². The van der Waals surface area contributed by atoms with Crippen LogP contribution in [0.1, 0.15) is 74.9 Å². The Kier molecular flexibility index (Phi) is 12.0. The van der Waals surface area contributed by atoms with Gasteiger partial charge in [-0.15, -0.1) is 0 Å². The predicted octanol–water partition coefficient (Wildman–Crippen LogP) is 7.63. The zero-order valence-electron chi connectivity index (χ0n) is 34.9. The number of fused-ring (bicyclic) bond motifs is 1. The second-order valence-electron chi connectivity index (χ2n) is 15.9. The molecule has 0 radical (unpaired) electrons. The van der Waals surface area contributed by atoms with Crippen molar-refractivity contribution < 1.29 is 33.0 Å². The first-order valence-corrected chi connectivity index (χ1v) is 20.7. The van der Waals surface area contributed by atoms with Crippen LogP contribution in [0, 0.1) is 11.7 Å². The molecule has 5 heterocycles. The zero-order chi connectivity index (χ0) is 43.5. The first-order chi connectivity index (χ1) is 30.0. The van der Waals surface area contributed by atoms with Gasteiger partial charge in [-0.05, 0) is 67.5 Å². The number of hydrogen-bond donors (Lipinski definition) is 4. The third-order valence-corrected chi connectivity index (χ3v) is 11.7. The van der Waals surface area contributed by atoms with Crippen LogP contribution < -0.4 is 10.6 Å². The van der Waals surface area contributed by atoms with Crippen molar-refractivity contribution in [1.29, 1.82) is 0 Å². The van der Waals surface area contributed by atoms with Gasteiger partial charge in [-0.3, -0.25) is 9.59 Å². The van der Waals surface area contributed by atoms with Crippen molar-refractivity contribution in [3.8, 4) is 33.8 Å². The van der Waals surface area contributed by atoms with E-state index in [1.54, 1.807) is 58.5 Å².